The molecule has 2 aliphatic heterocycles. The molecule has 1 spiro atoms. The van der Waals surface area contributed by atoms with Gasteiger partial charge >= 0.3 is 0 Å². The third-order valence-corrected chi connectivity index (χ3v) is 5.64. The molecule has 0 aromatic heterocycles. The minimum absolute atomic E-state index is 0.259. The van der Waals surface area contributed by atoms with Crippen molar-refractivity contribution in [3.63, 3.8) is 0 Å². The van der Waals surface area contributed by atoms with Gasteiger partial charge in [-0.1, -0.05) is 39.7 Å². The van der Waals surface area contributed by atoms with Crippen molar-refractivity contribution >= 4 is 0 Å². The van der Waals surface area contributed by atoms with Crippen LogP contribution in [0, 0.1) is 11.8 Å². The number of ether oxygens (including phenoxy) is 2. The fourth-order valence-electron chi connectivity index (χ4n) is 3.89. The molecule has 2 aliphatic rings. The summed E-state index contributed by atoms with van der Waals surface area (Å²) in [6, 6.07) is 0. The molecule has 5 atom stereocenters. The molecule has 22 heavy (non-hydrogen) atoms. The number of unbranched alkanes of at least 4 members (excludes halogenated alkanes) is 1. The Morgan fingerprint density at radius 2 is 2.05 bits per heavy atom. The molecule has 2 rings (SSSR count). The fourth-order valence-corrected chi connectivity index (χ4v) is 3.89. The highest BCUT2D eigenvalue weighted by Crippen LogP contribution is 2.42. The van der Waals surface area contributed by atoms with Gasteiger partial charge in [0.1, 0.15) is 0 Å². The van der Waals surface area contributed by atoms with E-state index in [1.807, 2.05) is 0 Å². The maximum atomic E-state index is 6.55. The highest BCUT2D eigenvalue weighted by atomic mass is 16.7. The van der Waals surface area contributed by atoms with Gasteiger partial charge in [-0.15, -0.1) is 6.58 Å². The zero-order chi connectivity index (χ0) is 16.0. The largest absolute Gasteiger partial charge is 0.347 e. The van der Waals surface area contributed by atoms with Gasteiger partial charge in [0.05, 0.1) is 12.2 Å². The van der Waals surface area contributed by atoms with E-state index in [1.54, 1.807) is 0 Å². The van der Waals surface area contributed by atoms with Gasteiger partial charge in [-0.25, -0.2) is 0 Å². The van der Waals surface area contributed by atoms with Crippen LogP contribution in [0.5, 0.6) is 0 Å². The minimum Gasteiger partial charge on any atom is -0.347 e. The average Bonchev–Trinajstić information content (AvgIpc) is 2.54. The summed E-state index contributed by atoms with van der Waals surface area (Å²) >= 11 is 0. The van der Waals surface area contributed by atoms with E-state index < -0.39 is 0 Å². The summed E-state index contributed by atoms with van der Waals surface area (Å²) in [6.07, 6.45) is 14.8. The molecular weight excluding hydrogens is 272 g/mol. The van der Waals surface area contributed by atoms with Crippen molar-refractivity contribution in [2.45, 2.75) is 103 Å². The lowest BCUT2D eigenvalue weighted by atomic mass is 9.85. The Morgan fingerprint density at radius 3 is 2.77 bits per heavy atom. The number of rotatable bonds is 7. The van der Waals surface area contributed by atoms with E-state index in [1.165, 1.54) is 44.9 Å². The summed E-state index contributed by atoms with van der Waals surface area (Å²) < 4.78 is 13.1. The van der Waals surface area contributed by atoms with Gasteiger partial charge in [-0.3, -0.25) is 0 Å². The van der Waals surface area contributed by atoms with E-state index in [-0.39, 0.29) is 5.79 Å². The highest BCUT2D eigenvalue weighted by molar-refractivity contribution is 4.87. The summed E-state index contributed by atoms with van der Waals surface area (Å²) in [5, 5.41) is 0. The Morgan fingerprint density at radius 1 is 1.23 bits per heavy atom. The Hall–Kier alpha value is -0.340. The van der Waals surface area contributed by atoms with Crippen LogP contribution in [0.3, 0.4) is 0 Å². The maximum Gasteiger partial charge on any atom is 0.169 e. The van der Waals surface area contributed by atoms with Crippen LogP contribution in [0.1, 0.15) is 85.0 Å². The van der Waals surface area contributed by atoms with E-state index in [4.69, 9.17) is 9.47 Å². The Bertz CT molecular complexity index is 341. The van der Waals surface area contributed by atoms with Crippen molar-refractivity contribution in [3.05, 3.63) is 12.7 Å². The van der Waals surface area contributed by atoms with Crippen molar-refractivity contribution in [2.24, 2.45) is 11.8 Å². The first-order valence-corrected chi connectivity index (χ1v) is 9.56. The first-order valence-electron chi connectivity index (χ1n) is 9.56. The summed E-state index contributed by atoms with van der Waals surface area (Å²) in [5.41, 5.74) is 0. The lowest BCUT2D eigenvalue weighted by Crippen LogP contribution is -2.50. The smallest absolute Gasteiger partial charge is 0.169 e. The van der Waals surface area contributed by atoms with Gasteiger partial charge in [0.15, 0.2) is 5.79 Å². The molecule has 2 heteroatoms. The second-order valence-corrected chi connectivity index (χ2v) is 7.65. The van der Waals surface area contributed by atoms with Crippen LogP contribution in [-0.4, -0.2) is 18.0 Å². The van der Waals surface area contributed by atoms with Crippen LogP contribution in [0.4, 0.5) is 0 Å². The summed E-state index contributed by atoms with van der Waals surface area (Å²) in [7, 11) is 0. The molecule has 0 saturated carbocycles. The van der Waals surface area contributed by atoms with Crippen LogP contribution in [0.2, 0.25) is 0 Å². The van der Waals surface area contributed by atoms with Crippen molar-refractivity contribution in [3.8, 4) is 0 Å². The van der Waals surface area contributed by atoms with Crippen molar-refractivity contribution in [1.82, 2.24) is 0 Å². The molecule has 2 fully saturated rings. The number of hydrogen-bond donors (Lipinski definition) is 0. The Kier molecular flexibility index (Phi) is 6.95. The molecule has 0 aliphatic carbocycles. The predicted octanol–water partition coefficient (Wildman–Crippen LogP) is 5.86. The first kappa shape index (κ1) is 18.0. The van der Waals surface area contributed by atoms with Gasteiger partial charge < -0.3 is 9.47 Å². The average molecular weight is 309 g/mol. The summed E-state index contributed by atoms with van der Waals surface area (Å²) in [4.78, 5) is 0. The van der Waals surface area contributed by atoms with Crippen molar-refractivity contribution in [2.75, 3.05) is 0 Å². The molecule has 1 unspecified atom stereocenters. The number of hydrogen-bond acceptors (Lipinski definition) is 2. The summed E-state index contributed by atoms with van der Waals surface area (Å²) in [6.45, 7) is 10.7. The van der Waals surface area contributed by atoms with E-state index in [0.29, 0.717) is 24.0 Å². The van der Waals surface area contributed by atoms with E-state index >= 15 is 0 Å². The SMILES string of the molecule is C=C[C@@H](C)CC[C@@H]1CCC[C@]2(CCC(C)[C@@H](CCCC)O2)O1. The van der Waals surface area contributed by atoms with Gasteiger partial charge in [0, 0.05) is 12.8 Å². The lowest BCUT2D eigenvalue weighted by molar-refractivity contribution is -0.324. The quantitative estimate of drug-likeness (QED) is 0.548. The molecule has 128 valence electrons. The predicted molar refractivity (Wildman–Crippen MR) is 92.8 cm³/mol. The Labute approximate surface area is 137 Å². The highest BCUT2D eigenvalue weighted by Gasteiger charge is 2.44. The molecule has 0 amide bonds. The third kappa shape index (κ3) is 4.83. The molecule has 2 saturated heterocycles. The standard InChI is InChI=1S/C20H36O2/c1-5-7-10-19-17(4)13-15-20(22-19)14-8-9-18(21-20)12-11-16(3)6-2/h6,16-19H,2,5,7-15H2,1,3-4H3/t16-,17?,18+,19-,20+/m1/s1. The van der Waals surface area contributed by atoms with Gasteiger partial charge in [0.25, 0.3) is 0 Å². The molecule has 0 radical (unpaired) electrons. The molecular formula is C20H36O2. The summed E-state index contributed by atoms with van der Waals surface area (Å²) in [5.74, 6) is 1.01. The monoisotopic (exact) mass is 308 g/mol. The minimum atomic E-state index is -0.259. The maximum absolute atomic E-state index is 6.55. The molecule has 0 N–H and O–H groups in total. The van der Waals surface area contributed by atoms with Gasteiger partial charge in [-0.05, 0) is 50.4 Å². The van der Waals surface area contributed by atoms with Gasteiger partial charge in [-0.2, -0.15) is 0 Å². The second-order valence-electron chi connectivity index (χ2n) is 7.65. The van der Waals surface area contributed by atoms with Crippen LogP contribution in [0.15, 0.2) is 12.7 Å². The van der Waals surface area contributed by atoms with Crippen LogP contribution < -0.4 is 0 Å². The second kappa shape index (κ2) is 8.49. The molecule has 0 aromatic carbocycles. The van der Waals surface area contributed by atoms with E-state index in [9.17, 15) is 0 Å². The van der Waals surface area contributed by atoms with E-state index in [2.05, 4.69) is 33.4 Å². The Balaban J connectivity index is 1.89. The fraction of sp³-hybridized carbons (Fsp3) is 0.900. The molecule has 2 nitrogen and oxygen atoms in total. The number of allylic oxidation sites excluding steroid dienone is 1. The molecule has 0 aromatic rings. The molecule has 2 heterocycles. The van der Waals surface area contributed by atoms with E-state index in [0.717, 1.165) is 19.3 Å². The van der Waals surface area contributed by atoms with Crippen LogP contribution in [0.25, 0.3) is 0 Å². The van der Waals surface area contributed by atoms with Crippen LogP contribution >= 0.6 is 0 Å². The lowest BCUT2D eigenvalue weighted by Gasteiger charge is -2.48. The zero-order valence-electron chi connectivity index (χ0n) is 15.0. The topological polar surface area (TPSA) is 18.5 Å². The first-order chi connectivity index (χ1) is 10.6. The van der Waals surface area contributed by atoms with Crippen LogP contribution in [-0.2, 0) is 9.47 Å². The van der Waals surface area contributed by atoms with Crippen molar-refractivity contribution in [1.29, 1.82) is 0 Å². The third-order valence-electron chi connectivity index (χ3n) is 5.64. The van der Waals surface area contributed by atoms with Crippen molar-refractivity contribution < 1.29 is 9.47 Å². The molecule has 0 bridgehead atoms. The normalized spacial score (nSPS) is 37.1. The van der Waals surface area contributed by atoms with Gasteiger partial charge in [0.2, 0.25) is 0 Å². The zero-order valence-corrected chi connectivity index (χ0v) is 15.0.